The lowest BCUT2D eigenvalue weighted by Gasteiger charge is -2.29. The van der Waals surface area contributed by atoms with Gasteiger partial charge in [0.05, 0.1) is 15.3 Å². The molecule has 0 atom stereocenters. The Hall–Kier alpha value is -1.04. The molecule has 0 radical (unpaired) electrons. The maximum Gasteiger partial charge on any atom is 0.135 e. The highest BCUT2D eigenvalue weighted by Gasteiger charge is 2.26. The maximum absolute atomic E-state index is 6.17. The molecule has 3 nitrogen and oxygen atoms in total. The number of anilines is 1. The van der Waals surface area contributed by atoms with Crippen molar-refractivity contribution >= 4 is 28.4 Å². The predicted octanol–water partition coefficient (Wildman–Crippen LogP) is 4.28. The quantitative estimate of drug-likeness (QED) is 0.790. The number of benzene rings is 1. The van der Waals surface area contributed by atoms with Crippen LogP contribution in [-0.4, -0.2) is 9.78 Å². The van der Waals surface area contributed by atoms with E-state index in [-0.39, 0.29) is 0 Å². The molecule has 2 N–H and O–H groups in total. The third-order valence-electron chi connectivity index (χ3n) is 4.36. The predicted molar refractivity (Wildman–Crippen MR) is 90.8 cm³/mol. The van der Waals surface area contributed by atoms with Crippen LogP contribution in [-0.2, 0) is 0 Å². The smallest absolute Gasteiger partial charge is 0.135 e. The van der Waals surface area contributed by atoms with Crippen LogP contribution in [0.1, 0.15) is 48.9 Å². The van der Waals surface area contributed by atoms with Crippen molar-refractivity contribution in [2.45, 2.75) is 44.6 Å². The fourth-order valence-corrected chi connectivity index (χ4v) is 3.56. The number of aromatic nitrogens is 2. The summed E-state index contributed by atoms with van der Waals surface area (Å²) in [5, 5.41) is 4.62. The van der Waals surface area contributed by atoms with Crippen molar-refractivity contribution in [1.82, 2.24) is 9.78 Å². The summed E-state index contributed by atoms with van der Waals surface area (Å²) in [6.07, 6.45) is 4.79. The summed E-state index contributed by atoms with van der Waals surface area (Å²) in [7, 11) is 0. The van der Waals surface area contributed by atoms with Gasteiger partial charge >= 0.3 is 0 Å². The molecule has 1 aliphatic rings. The van der Waals surface area contributed by atoms with Gasteiger partial charge in [0.25, 0.3) is 0 Å². The molecule has 3 rings (SSSR count). The van der Waals surface area contributed by atoms with E-state index < -0.39 is 0 Å². The van der Waals surface area contributed by atoms with Crippen LogP contribution in [0.5, 0.6) is 0 Å². The average Bonchev–Trinajstić information content (AvgIpc) is 2.76. The molecule has 1 aromatic carbocycles. The average molecular weight is 381 g/mol. The van der Waals surface area contributed by atoms with Crippen molar-refractivity contribution < 1.29 is 0 Å². The van der Waals surface area contributed by atoms with Crippen LogP contribution in [0.15, 0.2) is 30.3 Å². The van der Waals surface area contributed by atoms with Crippen molar-refractivity contribution in [2.75, 3.05) is 5.73 Å². The van der Waals surface area contributed by atoms with Crippen LogP contribution < -0.4 is 5.73 Å². The van der Waals surface area contributed by atoms with Crippen molar-refractivity contribution in [1.29, 1.82) is 0 Å². The Balaban J connectivity index is 1.71. The third kappa shape index (κ3) is 2.57. The second kappa shape index (κ2) is 5.76. The summed E-state index contributed by atoms with van der Waals surface area (Å²) in [6, 6.07) is 11.3. The first-order valence-electron chi connectivity index (χ1n) is 7.22. The molecular weight excluding hydrogens is 361 g/mol. The first-order chi connectivity index (χ1) is 9.66. The lowest BCUT2D eigenvalue weighted by Crippen LogP contribution is -2.19. The molecule has 1 aliphatic carbocycles. The molecule has 0 amide bonds. The maximum atomic E-state index is 6.17. The van der Waals surface area contributed by atoms with E-state index in [0.29, 0.717) is 12.0 Å². The summed E-state index contributed by atoms with van der Waals surface area (Å²) in [5.74, 6) is 1.54. The van der Waals surface area contributed by atoms with Crippen LogP contribution in [0.3, 0.4) is 0 Å². The second-order valence-corrected chi connectivity index (χ2v) is 6.72. The first kappa shape index (κ1) is 13.9. The van der Waals surface area contributed by atoms with Gasteiger partial charge in [-0.25, -0.2) is 4.68 Å². The molecule has 0 unspecified atom stereocenters. The minimum absolute atomic E-state index is 0.470. The summed E-state index contributed by atoms with van der Waals surface area (Å²) in [6.45, 7) is 2.03. The zero-order valence-electron chi connectivity index (χ0n) is 11.7. The van der Waals surface area contributed by atoms with Gasteiger partial charge in [-0.15, -0.1) is 0 Å². The number of aryl methyl sites for hydroxylation is 1. The number of nitrogens with zero attached hydrogens (tertiary/aromatic N) is 2. The molecule has 0 spiro atoms. The standard InChI is InChI=1S/C16H20IN3/c1-11-15(17)16(18)20(19-11)14-9-7-13(8-10-14)12-5-3-2-4-6-12/h2-6,13-14H,7-10,18H2,1H3. The Morgan fingerprint density at radius 1 is 1.15 bits per heavy atom. The summed E-state index contributed by atoms with van der Waals surface area (Å²) < 4.78 is 3.16. The number of halogens is 1. The molecule has 1 heterocycles. The van der Waals surface area contributed by atoms with Gasteiger partial charge in [0.2, 0.25) is 0 Å². The van der Waals surface area contributed by atoms with Gasteiger partial charge in [-0.2, -0.15) is 5.10 Å². The molecule has 1 fully saturated rings. The molecule has 1 aromatic heterocycles. The Labute approximate surface area is 133 Å². The minimum atomic E-state index is 0.470. The van der Waals surface area contributed by atoms with Gasteiger partial charge in [-0.3, -0.25) is 0 Å². The number of nitrogens with two attached hydrogens (primary N) is 1. The van der Waals surface area contributed by atoms with E-state index in [1.165, 1.54) is 31.2 Å². The van der Waals surface area contributed by atoms with Crippen molar-refractivity contribution in [2.24, 2.45) is 0 Å². The zero-order chi connectivity index (χ0) is 14.1. The summed E-state index contributed by atoms with van der Waals surface area (Å²) in [4.78, 5) is 0. The van der Waals surface area contributed by atoms with Gasteiger partial charge < -0.3 is 5.73 Å². The Morgan fingerprint density at radius 2 is 1.80 bits per heavy atom. The molecule has 0 saturated heterocycles. The van der Waals surface area contributed by atoms with Gasteiger partial charge in [-0.05, 0) is 66.7 Å². The normalized spacial score (nSPS) is 22.9. The number of nitrogen functional groups attached to an aromatic ring is 1. The first-order valence-corrected chi connectivity index (χ1v) is 8.29. The van der Waals surface area contributed by atoms with E-state index in [1.807, 2.05) is 6.92 Å². The lowest BCUT2D eigenvalue weighted by molar-refractivity contribution is 0.306. The zero-order valence-corrected chi connectivity index (χ0v) is 13.9. The Morgan fingerprint density at radius 3 is 2.35 bits per heavy atom. The molecule has 0 bridgehead atoms. The molecule has 106 valence electrons. The van der Waals surface area contributed by atoms with Crippen LogP contribution in [0.2, 0.25) is 0 Å². The molecular formula is C16H20IN3. The molecule has 0 aliphatic heterocycles. The topological polar surface area (TPSA) is 43.8 Å². The van der Waals surface area contributed by atoms with Gasteiger partial charge in [0.1, 0.15) is 5.82 Å². The van der Waals surface area contributed by atoms with Crippen molar-refractivity contribution in [3.8, 4) is 0 Å². The van der Waals surface area contributed by atoms with Gasteiger partial charge in [0, 0.05) is 0 Å². The molecule has 20 heavy (non-hydrogen) atoms. The van der Waals surface area contributed by atoms with Gasteiger partial charge in [-0.1, -0.05) is 30.3 Å². The fourth-order valence-electron chi connectivity index (χ4n) is 3.20. The largest absolute Gasteiger partial charge is 0.383 e. The monoisotopic (exact) mass is 381 g/mol. The summed E-state index contributed by atoms with van der Waals surface area (Å²) in [5.41, 5.74) is 8.70. The van der Waals surface area contributed by atoms with E-state index in [0.717, 1.165) is 15.1 Å². The third-order valence-corrected chi connectivity index (χ3v) is 5.69. The number of hydrogen-bond acceptors (Lipinski definition) is 2. The molecule has 2 aromatic rings. The van der Waals surface area contributed by atoms with E-state index in [1.54, 1.807) is 0 Å². The van der Waals surface area contributed by atoms with Crippen LogP contribution in [0, 0.1) is 10.5 Å². The molecule has 4 heteroatoms. The van der Waals surface area contributed by atoms with Crippen molar-refractivity contribution in [3.05, 3.63) is 45.2 Å². The highest BCUT2D eigenvalue weighted by Crippen LogP contribution is 2.39. The fraction of sp³-hybridized carbons (Fsp3) is 0.438. The van der Waals surface area contributed by atoms with E-state index >= 15 is 0 Å². The number of hydrogen-bond donors (Lipinski definition) is 1. The van der Waals surface area contributed by atoms with E-state index in [4.69, 9.17) is 5.73 Å². The molecule has 1 saturated carbocycles. The van der Waals surface area contributed by atoms with Crippen LogP contribution >= 0.6 is 22.6 Å². The highest BCUT2D eigenvalue weighted by atomic mass is 127. The van der Waals surface area contributed by atoms with Crippen LogP contribution in [0.4, 0.5) is 5.82 Å². The van der Waals surface area contributed by atoms with E-state index in [2.05, 4.69) is 62.7 Å². The highest BCUT2D eigenvalue weighted by molar-refractivity contribution is 14.1. The van der Waals surface area contributed by atoms with Gasteiger partial charge in [0.15, 0.2) is 0 Å². The Kier molecular flexibility index (Phi) is 4.01. The SMILES string of the molecule is Cc1nn(C2CCC(c3ccccc3)CC2)c(N)c1I. The minimum Gasteiger partial charge on any atom is -0.383 e. The number of rotatable bonds is 2. The Bertz CT molecular complexity index is 583. The van der Waals surface area contributed by atoms with E-state index in [9.17, 15) is 0 Å². The second-order valence-electron chi connectivity index (χ2n) is 5.65. The lowest BCUT2D eigenvalue weighted by atomic mass is 9.82. The van der Waals surface area contributed by atoms with Crippen molar-refractivity contribution in [3.63, 3.8) is 0 Å². The summed E-state index contributed by atoms with van der Waals surface area (Å²) >= 11 is 2.29. The van der Waals surface area contributed by atoms with Crippen LogP contribution in [0.25, 0.3) is 0 Å².